The Bertz CT molecular complexity index is 262. The van der Waals surface area contributed by atoms with Gasteiger partial charge in [-0.1, -0.05) is 19.8 Å². The van der Waals surface area contributed by atoms with Gasteiger partial charge in [0.25, 0.3) is 0 Å². The summed E-state index contributed by atoms with van der Waals surface area (Å²) in [5, 5.41) is 3.97. The highest BCUT2D eigenvalue weighted by Crippen LogP contribution is 2.34. The minimum absolute atomic E-state index is 0.774. The summed E-state index contributed by atoms with van der Waals surface area (Å²) in [6, 6.07) is 3.34. The van der Waals surface area contributed by atoms with E-state index in [1.807, 2.05) is 0 Å². The Hall–Kier alpha value is -0.0800. The Morgan fingerprint density at radius 1 is 1.00 bits per heavy atom. The van der Waals surface area contributed by atoms with E-state index < -0.39 is 0 Å². The van der Waals surface area contributed by atoms with E-state index in [1.54, 1.807) is 0 Å². The molecule has 1 aliphatic heterocycles. The van der Waals surface area contributed by atoms with Gasteiger partial charge in [0.05, 0.1) is 0 Å². The molecule has 3 fully saturated rings. The van der Waals surface area contributed by atoms with Gasteiger partial charge in [0.2, 0.25) is 0 Å². The second-order valence-electron chi connectivity index (χ2n) is 6.74. The molecule has 0 aromatic rings. The topological polar surface area (TPSA) is 15.3 Å². The molecule has 3 aliphatic rings. The predicted molar refractivity (Wildman–Crippen MR) is 72.2 cm³/mol. The van der Waals surface area contributed by atoms with E-state index >= 15 is 0 Å². The molecule has 0 aromatic carbocycles. The van der Waals surface area contributed by atoms with Gasteiger partial charge < -0.3 is 5.32 Å². The maximum absolute atomic E-state index is 3.97. The van der Waals surface area contributed by atoms with E-state index in [0.29, 0.717) is 0 Å². The summed E-state index contributed by atoms with van der Waals surface area (Å²) in [5.41, 5.74) is 0. The largest absolute Gasteiger partial charge is 0.310 e. The smallest absolute Gasteiger partial charge is 0.0212 e. The monoisotopic (exact) mass is 236 g/mol. The first kappa shape index (κ1) is 12.0. The zero-order chi connectivity index (χ0) is 11.8. The lowest BCUT2D eigenvalue weighted by Crippen LogP contribution is -2.44. The average Bonchev–Trinajstić information content (AvgIpc) is 3.07. The third-order valence-corrected chi connectivity index (χ3v) is 5.20. The number of likely N-dealkylation sites (tertiary alicyclic amines) is 1. The fourth-order valence-corrected chi connectivity index (χ4v) is 3.96. The lowest BCUT2D eigenvalue weighted by atomic mass is 9.85. The van der Waals surface area contributed by atoms with Gasteiger partial charge in [-0.05, 0) is 44.9 Å². The van der Waals surface area contributed by atoms with E-state index in [9.17, 15) is 0 Å². The summed E-state index contributed by atoms with van der Waals surface area (Å²) in [7, 11) is 0. The molecule has 0 bridgehead atoms. The molecule has 0 amide bonds. The van der Waals surface area contributed by atoms with Gasteiger partial charge in [-0.3, -0.25) is 4.90 Å². The first-order chi connectivity index (χ1) is 8.24. The van der Waals surface area contributed by atoms with Crippen LogP contribution in [-0.2, 0) is 0 Å². The van der Waals surface area contributed by atoms with Crippen LogP contribution in [-0.4, -0.2) is 35.6 Å². The maximum Gasteiger partial charge on any atom is 0.0212 e. The van der Waals surface area contributed by atoms with Gasteiger partial charge >= 0.3 is 0 Å². The van der Waals surface area contributed by atoms with Crippen molar-refractivity contribution >= 4 is 0 Å². The molecule has 1 saturated heterocycles. The van der Waals surface area contributed by atoms with Crippen molar-refractivity contribution in [2.75, 3.05) is 6.54 Å². The van der Waals surface area contributed by atoms with E-state index in [0.717, 1.165) is 30.1 Å². The van der Waals surface area contributed by atoms with Gasteiger partial charge in [-0.2, -0.15) is 0 Å². The Labute approximate surface area is 106 Å². The Morgan fingerprint density at radius 3 is 2.47 bits per heavy atom. The molecule has 0 radical (unpaired) electrons. The molecule has 1 N–H and O–H groups in total. The highest BCUT2D eigenvalue weighted by molar-refractivity contribution is 4.97. The molecule has 98 valence electrons. The van der Waals surface area contributed by atoms with Gasteiger partial charge in [-0.15, -0.1) is 0 Å². The molecule has 17 heavy (non-hydrogen) atoms. The van der Waals surface area contributed by atoms with Gasteiger partial charge in [0.1, 0.15) is 0 Å². The number of rotatable bonds is 3. The highest BCUT2D eigenvalue weighted by atomic mass is 15.3. The molecule has 4 unspecified atom stereocenters. The van der Waals surface area contributed by atoms with E-state index in [1.165, 1.54) is 51.5 Å². The maximum atomic E-state index is 3.97. The van der Waals surface area contributed by atoms with Crippen LogP contribution in [0.5, 0.6) is 0 Å². The van der Waals surface area contributed by atoms with Crippen molar-refractivity contribution in [2.24, 2.45) is 5.92 Å². The summed E-state index contributed by atoms with van der Waals surface area (Å²) in [5.74, 6) is 0.897. The summed E-state index contributed by atoms with van der Waals surface area (Å²) in [6.07, 6.45) is 10.0. The third-order valence-electron chi connectivity index (χ3n) is 5.20. The van der Waals surface area contributed by atoms with Crippen LogP contribution in [0, 0.1) is 5.92 Å². The number of nitrogens with zero attached hydrogens (tertiary/aromatic N) is 1. The van der Waals surface area contributed by atoms with Crippen LogP contribution in [0.25, 0.3) is 0 Å². The quantitative estimate of drug-likeness (QED) is 0.810. The van der Waals surface area contributed by atoms with Gasteiger partial charge in [0, 0.05) is 30.7 Å². The molecule has 3 rings (SSSR count). The minimum Gasteiger partial charge on any atom is -0.310 e. The van der Waals surface area contributed by atoms with Crippen LogP contribution < -0.4 is 5.32 Å². The second kappa shape index (κ2) is 4.89. The fraction of sp³-hybridized carbons (Fsp3) is 1.00. The first-order valence-corrected chi connectivity index (χ1v) is 7.76. The summed E-state index contributed by atoms with van der Waals surface area (Å²) < 4.78 is 0. The van der Waals surface area contributed by atoms with Crippen LogP contribution >= 0.6 is 0 Å². The summed E-state index contributed by atoms with van der Waals surface area (Å²) >= 11 is 0. The highest BCUT2D eigenvalue weighted by Gasteiger charge is 2.39. The molecule has 0 aromatic heterocycles. The molecule has 2 saturated carbocycles. The zero-order valence-corrected chi connectivity index (χ0v) is 11.5. The molecular weight excluding hydrogens is 208 g/mol. The Kier molecular flexibility index (Phi) is 3.45. The van der Waals surface area contributed by atoms with Crippen LogP contribution in [0.2, 0.25) is 0 Å². The van der Waals surface area contributed by atoms with Crippen molar-refractivity contribution in [1.29, 1.82) is 0 Å². The van der Waals surface area contributed by atoms with Crippen molar-refractivity contribution in [2.45, 2.75) is 83.0 Å². The van der Waals surface area contributed by atoms with Gasteiger partial charge in [-0.25, -0.2) is 0 Å². The Balaban J connectivity index is 1.51. The Morgan fingerprint density at radius 2 is 1.76 bits per heavy atom. The first-order valence-electron chi connectivity index (χ1n) is 7.76. The standard InChI is InChI=1S/C15H28N2/c1-11-5-3-4-6-15(11)16-13-9-12(2)17(10-13)14-7-8-14/h11-16H,3-10H2,1-2H3. The van der Waals surface area contributed by atoms with E-state index in [-0.39, 0.29) is 0 Å². The van der Waals surface area contributed by atoms with Gasteiger partial charge in [0.15, 0.2) is 0 Å². The second-order valence-corrected chi connectivity index (χ2v) is 6.74. The lowest BCUT2D eigenvalue weighted by molar-refractivity contribution is 0.239. The molecule has 0 spiro atoms. The summed E-state index contributed by atoms with van der Waals surface area (Å²) in [6.45, 7) is 6.17. The molecular formula is C15H28N2. The predicted octanol–water partition coefficient (Wildman–Crippen LogP) is 2.78. The zero-order valence-electron chi connectivity index (χ0n) is 11.5. The molecule has 2 heteroatoms. The fourth-order valence-electron chi connectivity index (χ4n) is 3.96. The van der Waals surface area contributed by atoms with Crippen LogP contribution in [0.15, 0.2) is 0 Å². The SMILES string of the molecule is CC1CCCCC1NC1CC(C)N(C2CC2)C1. The summed E-state index contributed by atoms with van der Waals surface area (Å²) in [4.78, 5) is 2.76. The van der Waals surface area contributed by atoms with Crippen molar-refractivity contribution in [3.8, 4) is 0 Å². The lowest BCUT2D eigenvalue weighted by Gasteiger charge is -2.32. The van der Waals surface area contributed by atoms with Crippen molar-refractivity contribution in [3.63, 3.8) is 0 Å². The van der Waals surface area contributed by atoms with E-state index in [4.69, 9.17) is 0 Å². The number of hydrogen-bond acceptors (Lipinski definition) is 2. The third kappa shape index (κ3) is 2.68. The van der Waals surface area contributed by atoms with Crippen LogP contribution in [0.1, 0.15) is 58.8 Å². The molecule has 2 nitrogen and oxygen atoms in total. The molecule has 4 atom stereocenters. The number of hydrogen-bond donors (Lipinski definition) is 1. The molecule has 1 heterocycles. The normalized spacial score (nSPS) is 44.1. The minimum atomic E-state index is 0.774. The van der Waals surface area contributed by atoms with E-state index in [2.05, 4.69) is 24.1 Å². The average molecular weight is 236 g/mol. The van der Waals surface area contributed by atoms with Crippen LogP contribution in [0.3, 0.4) is 0 Å². The van der Waals surface area contributed by atoms with Crippen molar-refractivity contribution in [1.82, 2.24) is 10.2 Å². The van der Waals surface area contributed by atoms with Crippen molar-refractivity contribution < 1.29 is 0 Å². The van der Waals surface area contributed by atoms with Crippen LogP contribution in [0.4, 0.5) is 0 Å². The van der Waals surface area contributed by atoms with Crippen molar-refractivity contribution in [3.05, 3.63) is 0 Å². The molecule has 2 aliphatic carbocycles. The number of nitrogens with one attached hydrogen (secondary N) is 1.